The zero-order valence-electron chi connectivity index (χ0n) is 9.49. The van der Waals surface area contributed by atoms with E-state index in [1.807, 2.05) is 13.0 Å². The van der Waals surface area contributed by atoms with Gasteiger partial charge in [0, 0.05) is 23.9 Å². The van der Waals surface area contributed by atoms with Gasteiger partial charge < -0.3 is 11.1 Å². The molecule has 1 aromatic rings. The third-order valence-corrected chi connectivity index (χ3v) is 3.19. The Labute approximate surface area is 95.3 Å². The number of nitrogens with one attached hydrogen (secondary N) is 1. The van der Waals surface area contributed by atoms with Gasteiger partial charge in [-0.05, 0) is 38.4 Å². The molecule has 4 heteroatoms. The number of hydrogen-bond donors (Lipinski definition) is 2. The standard InChI is InChI=1S/C12H17N3O/c1-9-2-3-10(6-14-9)11(16)15-8-12(7-13)4-5-12/h2-3,6H,4-5,7-8,13H2,1H3,(H,15,16). The number of nitrogens with zero attached hydrogens (tertiary/aromatic N) is 1. The van der Waals surface area contributed by atoms with E-state index < -0.39 is 0 Å². The number of aromatic nitrogens is 1. The number of pyridine rings is 1. The van der Waals surface area contributed by atoms with Crippen molar-refractivity contribution >= 4 is 5.91 Å². The minimum atomic E-state index is -0.0628. The van der Waals surface area contributed by atoms with Crippen LogP contribution in [0.2, 0.25) is 0 Å². The number of carbonyl (C=O) groups is 1. The predicted molar refractivity (Wildman–Crippen MR) is 62.0 cm³/mol. The van der Waals surface area contributed by atoms with Crippen molar-refractivity contribution in [3.63, 3.8) is 0 Å². The van der Waals surface area contributed by atoms with E-state index >= 15 is 0 Å². The van der Waals surface area contributed by atoms with Crippen LogP contribution in [0.25, 0.3) is 0 Å². The molecule has 16 heavy (non-hydrogen) atoms. The Morgan fingerprint density at radius 3 is 2.81 bits per heavy atom. The summed E-state index contributed by atoms with van der Waals surface area (Å²) in [4.78, 5) is 15.8. The lowest BCUT2D eigenvalue weighted by molar-refractivity contribution is 0.0945. The Hall–Kier alpha value is -1.42. The van der Waals surface area contributed by atoms with E-state index in [0.717, 1.165) is 18.5 Å². The maximum Gasteiger partial charge on any atom is 0.252 e. The summed E-state index contributed by atoms with van der Waals surface area (Å²) in [5.41, 5.74) is 7.35. The molecule has 0 unspecified atom stereocenters. The first-order chi connectivity index (χ1) is 7.65. The third-order valence-electron chi connectivity index (χ3n) is 3.19. The van der Waals surface area contributed by atoms with Crippen LogP contribution in [0, 0.1) is 12.3 Å². The van der Waals surface area contributed by atoms with E-state index in [1.54, 1.807) is 12.3 Å². The molecule has 4 nitrogen and oxygen atoms in total. The quantitative estimate of drug-likeness (QED) is 0.789. The minimum absolute atomic E-state index is 0.0628. The largest absolute Gasteiger partial charge is 0.351 e. The average molecular weight is 219 g/mol. The molecule has 1 saturated carbocycles. The number of rotatable bonds is 4. The Morgan fingerprint density at radius 2 is 2.31 bits per heavy atom. The Balaban J connectivity index is 1.91. The lowest BCUT2D eigenvalue weighted by atomic mass is 10.1. The highest BCUT2D eigenvalue weighted by Crippen LogP contribution is 2.43. The Bertz CT molecular complexity index is 382. The van der Waals surface area contributed by atoms with Crippen molar-refractivity contribution in [2.24, 2.45) is 11.1 Å². The molecule has 1 heterocycles. The van der Waals surface area contributed by atoms with E-state index in [2.05, 4.69) is 10.3 Å². The molecule has 1 aliphatic rings. The van der Waals surface area contributed by atoms with E-state index in [-0.39, 0.29) is 11.3 Å². The van der Waals surface area contributed by atoms with Gasteiger partial charge in [-0.3, -0.25) is 9.78 Å². The van der Waals surface area contributed by atoms with Crippen molar-refractivity contribution in [1.29, 1.82) is 0 Å². The Morgan fingerprint density at radius 1 is 1.56 bits per heavy atom. The van der Waals surface area contributed by atoms with Crippen molar-refractivity contribution in [3.8, 4) is 0 Å². The van der Waals surface area contributed by atoms with Gasteiger partial charge in [0.15, 0.2) is 0 Å². The van der Waals surface area contributed by atoms with Gasteiger partial charge in [-0.25, -0.2) is 0 Å². The van der Waals surface area contributed by atoms with Gasteiger partial charge in [0.25, 0.3) is 5.91 Å². The first kappa shape index (κ1) is 11.1. The van der Waals surface area contributed by atoms with Crippen molar-refractivity contribution in [2.45, 2.75) is 19.8 Å². The molecule has 3 N–H and O–H groups in total. The van der Waals surface area contributed by atoms with Gasteiger partial charge in [0.2, 0.25) is 0 Å². The zero-order valence-corrected chi connectivity index (χ0v) is 9.49. The number of carbonyl (C=O) groups excluding carboxylic acids is 1. The molecule has 0 saturated heterocycles. The minimum Gasteiger partial charge on any atom is -0.351 e. The molecule has 0 aromatic carbocycles. The zero-order chi connectivity index (χ0) is 11.6. The van der Waals surface area contributed by atoms with Crippen LogP contribution in [0.3, 0.4) is 0 Å². The monoisotopic (exact) mass is 219 g/mol. The molecule has 2 rings (SSSR count). The second-order valence-electron chi connectivity index (χ2n) is 4.58. The van der Waals surface area contributed by atoms with Crippen molar-refractivity contribution in [1.82, 2.24) is 10.3 Å². The fraction of sp³-hybridized carbons (Fsp3) is 0.500. The molecule has 1 aromatic heterocycles. The highest BCUT2D eigenvalue weighted by molar-refractivity contribution is 5.93. The second kappa shape index (κ2) is 4.22. The second-order valence-corrected chi connectivity index (χ2v) is 4.58. The molecular formula is C12H17N3O. The lowest BCUT2D eigenvalue weighted by Crippen LogP contribution is -2.33. The number of nitrogens with two attached hydrogens (primary N) is 1. The summed E-state index contributed by atoms with van der Waals surface area (Å²) in [7, 11) is 0. The van der Waals surface area contributed by atoms with Crippen LogP contribution in [-0.4, -0.2) is 24.0 Å². The predicted octanol–water partition coefficient (Wildman–Crippen LogP) is 0.859. The molecule has 1 amide bonds. The Kier molecular flexibility index (Phi) is 2.92. The SMILES string of the molecule is Cc1ccc(C(=O)NCC2(CN)CC2)cn1. The van der Waals surface area contributed by atoms with Gasteiger partial charge in [-0.1, -0.05) is 0 Å². The van der Waals surface area contributed by atoms with Gasteiger partial charge >= 0.3 is 0 Å². The maximum absolute atomic E-state index is 11.8. The van der Waals surface area contributed by atoms with Crippen LogP contribution in [0.1, 0.15) is 28.9 Å². The van der Waals surface area contributed by atoms with Crippen molar-refractivity contribution < 1.29 is 4.79 Å². The summed E-state index contributed by atoms with van der Waals surface area (Å²) in [6.45, 7) is 3.23. The number of aryl methyl sites for hydroxylation is 1. The summed E-state index contributed by atoms with van der Waals surface area (Å²) in [5.74, 6) is -0.0628. The molecule has 1 fully saturated rings. The molecule has 0 radical (unpaired) electrons. The topological polar surface area (TPSA) is 68.0 Å². The maximum atomic E-state index is 11.8. The normalized spacial score (nSPS) is 16.9. The molecule has 0 bridgehead atoms. The van der Waals surface area contributed by atoms with Crippen LogP contribution in [0.15, 0.2) is 18.3 Å². The molecule has 1 aliphatic carbocycles. The van der Waals surface area contributed by atoms with E-state index in [1.165, 1.54) is 0 Å². The van der Waals surface area contributed by atoms with Crippen LogP contribution >= 0.6 is 0 Å². The number of amides is 1. The summed E-state index contributed by atoms with van der Waals surface area (Å²) < 4.78 is 0. The first-order valence-electron chi connectivity index (χ1n) is 5.56. The van der Waals surface area contributed by atoms with Crippen molar-refractivity contribution in [2.75, 3.05) is 13.1 Å². The summed E-state index contributed by atoms with van der Waals surface area (Å²) in [5, 5.41) is 2.91. The van der Waals surface area contributed by atoms with Gasteiger partial charge in [0.05, 0.1) is 5.56 Å². The molecule has 0 atom stereocenters. The van der Waals surface area contributed by atoms with Gasteiger partial charge in [-0.2, -0.15) is 0 Å². The van der Waals surface area contributed by atoms with Crippen LogP contribution < -0.4 is 11.1 Å². The average Bonchev–Trinajstić information content (AvgIpc) is 3.08. The highest BCUT2D eigenvalue weighted by atomic mass is 16.1. The van der Waals surface area contributed by atoms with Crippen molar-refractivity contribution in [3.05, 3.63) is 29.6 Å². The third kappa shape index (κ3) is 2.39. The molecule has 86 valence electrons. The van der Waals surface area contributed by atoms with Crippen LogP contribution in [0.5, 0.6) is 0 Å². The first-order valence-corrected chi connectivity index (χ1v) is 5.56. The smallest absolute Gasteiger partial charge is 0.252 e. The summed E-state index contributed by atoms with van der Waals surface area (Å²) in [6.07, 6.45) is 3.85. The molecule has 0 spiro atoms. The lowest BCUT2D eigenvalue weighted by Gasteiger charge is -2.13. The van der Waals surface area contributed by atoms with Crippen LogP contribution in [0.4, 0.5) is 0 Å². The number of hydrogen-bond acceptors (Lipinski definition) is 3. The van der Waals surface area contributed by atoms with E-state index in [4.69, 9.17) is 5.73 Å². The van der Waals surface area contributed by atoms with Crippen LogP contribution in [-0.2, 0) is 0 Å². The fourth-order valence-corrected chi connectivity index (χ4v) is 1.60. The summed E-state index contributed by atoms with van der Waals surface area (Å²) >= 11 is 0. The molecular weight excluding hydrogens is 202 g/mol. The van der Waals surface area contributed by atoms with Gasteiger partial charge in [0.1, 0.15) is 0 Å². The van der Waals surface area contributed by atoms with E-state index in [0.29, 0.717) is 18.7 Å². The molecule has 0 aliphatic heterocycles. The summed E-state index contributed by atoms with van der Waals surface area (Å²) in [6, 6.07) is 3.63. The van der Waals surface area contributed by atoms with E-state index in [9.17, 15) is 4.79 Å². The van der Waals surface area contributed by atoms with Gasteiger partial charge in [-0.15, -0.1) is 0 Å². The highest BCUT2D eigenvalue weighted by Gasteiger charge is 2.41. The fourth-order valence-electron chi connectivity index (χ4n) is 1.60.